The van der Waals surface area contributed by atoms with Gasteiger partial charge in [0.1, 0.15) is 11.3 Å². The van der Waals surface area contributed by atoms with Crippen LogP contribution >= 0.6 is 15.9 Å². The van der Waals surface area contributed by atoms with Crippen molar-refractivity contribution < 1.29 is 4.39 Å². The van der Waals surface area contributed by atoms with Gasteiger partial charge in [-0.1, -0.05) is 6.07 Å². The Morgan fingerprint density at radius 2 is 2.44 bits per heavy atom. The predicted octanol–water partition coefficient (Wildman–Crippen LogP) is 2.31. The molecule has 0 aliphatic heterocycles. The molecule has 0 N–H and O–H groups in total. The lowest BCUT2D eigenvalue weighted by atomic mass is 10.3. The maximum absolute atomic E-state index is 11.9. The maximum Gasteiger partial charge on any atom is 0.117 e. The van der Waals surface area contributed by atoms with Gasteiger partial charge in [0.2, 0.25) is 0 Å². The molecule has 0 atom stereocenters. The Kier molecular flexibility index (Phi) is 2.16. The highest BCUT2D eigenvalue weighted by atomic mass is 79.9. The number of aromatic nitrogens is 1. The van der Waals surface area contributed by atoms with Gasteiger partial charge in [0.05, 0.1) is 0 Å². The Balaban J connectivity index is 3.01. The largest absolute Gasteiger partial charge is 0.249 e. The molecule has 1 nitrogen and oxygen atoms in total. The van der Waals surface area contributed by atoms with Crippen LogP contribution in [-0.2, 0) is 6.67 Å². The first-order valence-electron chi connectivity index (χ1n) is 2.50. The summed E-state index contributed by atoms with van der Waals surface area (Å²) in [7, 11) is 0. The van der Waals surface area contributed by atoms with Crippen molar-refractivity contribution in [1.29, 1.82) is 0 Å². The Bertz CT molecular complexity index is 202. The van der Waals surface area contributed by atoms with Gasteiger partial charge in [0, 0.05) is 11.8 Å². The first-order chi connectivity index (χ1) is 4.34. The summed E-state index contributed by atoms with van der Waals surface area (Å²) >= 11 is 3.11. The Hall–Kier alpha value is -0.440. The van der Waals surface area contributed by atoms with Gasteiger partial charge in [0.15, 0.2) is 0 Å². The molecule has 1 aromatic rings. The average Bonchev–Trinajstić information content (AvgIpc) is 1.89. The molecular weight excluding hydrogens is 185 g/mol. The van der Waals surface area contributed by atoms with Crippen molar-refractivity contribution in [2.45, 2.75) is 6.67 Å². The fraction of sp³-hybridized carbons (Fsp3) is 0.167. The molecule has 0 bridgehead atoms. The topological polar surface area (TPSA) is 12.9 Å². The molecule has 9 heavy (non-hydrogen) atoms. The molecule has 0 aliphatic rings. The molecule has 0 radical (unpaired) electrons. The van der Waals surface area contributed by atoms with Crippen molar-refractivity contribution in [3.05, 3.63) is 28.5 Å². The highest BCUT2D eigenvalue weighted by Crippen LogP contribution is 2.12. The quantitative estimate of drug-likeness (QED) is 0.619. The van der Waals surface area contributed by atoms with E-state index in [4.69, 9.17) is 0 Å². The van der Waals surface area contributed by atoms with Crippen LogP contribution in [0.2, 0.25) is 0 Å². The molecule has 0 unspecified atom stereocenters. The number of nitrogens with zero attached hydrogens (tertiary/aromatic N) is 1. The highest BCUT2D eigenvalue weighted by molar-refractivity contribution is 9.10. The van der Waals surface area contributed by atoms with Gasteiger partial charge >= 0.3 is 0 Å². The van der Waals surface area contributed by atoms with E-state index in [0.717, 1.165) is 0 Å². The third-order valence-electron chi connectivity index (χ3n) is 0.980. The standard InChI is InChI=1S/C6H5BrFN/c7-6-5(4-8)2-1-3-9-6/h1-3H,4H2. The van der Waals surface area contributed by atoms with Crippen LogP contribution in [0.4, 0.5) is 4.39 Å². The van der Waals surface area contributed by atoms with Crippen LogP contribution in [0.1, 0.15) is 5.56 Å². The summed E-state index contributed by atoms with van der Waals surface area (Å²) in [6.07, 6.45) is 1.61. The Morgan fingerprint density at radius 1 is 1.67 bits per heavy atom. The van der Waals surface area contributed by atoms with E-state index in [1.54, 1.807) is 18.3 Å². The summed E-state index contributed by atoms with van der Waals surface area (Å²) in [5.41, 5.74) is 0.595. The van der Waals surface area contributed by atoms with E-state index < -0.39 is 6.67 Å². The molecule has 0 saturated heterocycles. The normalized spacial score (nSPS) is 9.56. The van der Waals surface area contributed by atoms with E-state index in [1.165, 1.54) is 0 Å². The van der Waals surface area contributed by atoms with Crippen molar-refractivity contribution in [2.75, 3.05) is 0 Å². The van der Waals surface area contributed by atoms with E-state index in [0.29, 0.717) is 10.2 Å². The summed E-state index contributed by atoms with van der Waals surface area (Å²) in [4.78, 5) is 3.83. The average molecular weight is 190 g/mol. The van der Waals surface area contributed by atoms with Gasteiger partial charge < -0.3 is 0 Å². The fourth-order valence-corrected chi connectivity index (χ4v) is 0.875. The molecule has 0 spiro atoms. The summed E-state index contributed by atoms with van der Waals surface area (Å²) < 4.78 is 12.5. The van der Waals surface area contributed by atoms with Crippen LogP contribution in [-0.4, -0.2) is 4.98 Å². The summed E-state index contributed by atoms with van der Waals surface area (Å²) in [6, 6.07) is 3.40. The number of alkyl halides is 1. The second-order valence-corrected chi connectivity index (χ2v) is 2.34. The first-order valence-corrected chi connectivity index (χ1v) is 3.29. The van der Waals surface area contributed by atoms with Crippen LogP contribution in [0.3, 0.4) is 0 Å². The van der Waals surface area contributed by atoms with Crippen molar-refractivity contribution >= 4 is 15.9 Å². The van der Waals surface area contributed by atoms with Crippen molar-refractivity contribution in [3.63, 3.8) is 0 Å². The first kappa shape index (κ1) is 6.68. The van der Waals surface area contributed by atoms with E-state index in [-0.39, 0.29) is 0 Å². The minimum absolute atomic E-state index is 0.464. The summed E-state index contributed by atoms with van der Waals surface area (Å²) in [6.45, 7) is -0.464. The van der Waals surface area contributed by atoms with Crippen LogP contribution < -0.4 is 0 Å². The third kappa shape index (κ3) is 1.48. The molecule has 0 amide bonds. The van der Waals surface area contributed by atoms with E-state index in [1.807, 2.05) is 0 Å². The van der Waals surface area contributed by atoms with Crippen LogP contribution in [0, 0.1) is 0 Å². The number of hydrogen-bond acceptors (Lipinski definition) is 1. The van der Waals surface area contributed by atoms with Gasteiger partial charge in [-0.05, 0) is 22.0 Å². The molecule has 0 fully saturated rings. The molecule has 0 aromatic carbocycles. The number of rotatable bonds is 1. The van der Waals surface area contributed by atoms with Crippen molar-refractivity contribution in [3.8, 4) is 0 Å². The van der Waals surface area contributed by atoms with Crippen LogP contribution in [0.25, 0.3) is 0 Å². The molecule has 0 aliphatic carbocycles. The van der Waals surface area contributed by atoms with Gasteiger partial charge in [-0.15, -0.1) is 0 Å². The SMILES string of the molecule is FCc1cccnc1Br. The van der Waals surface area contributed by atoms with E-state index >= 15 is 0 Å². The molecule has 0 saturated carbocycles. The third-order valence-corrected chi connectivity index (χ3v) is 1.69. The zero-order valence-corrected chi connectivity index (χ0v) is 6.23. The zero-order valence-electron chi connectivity index (χ0n) is 4.64. The molecular formula is C6H5BrFN. The highest BCUT2D eigenvalue weighted by Gasteiger charge is 1.95. The minimum atomic E-state index is -0.464. The number of pyridine rings is 1. The van der Waals surface area contributed by atoms with Crippen molar-refractivity contribution in [2.24, 2.45) is 0 Å². The van der Waals surface area contributed by atoms with Gasteiger partial charge in [-0.25, -0.2) is 9.37 Å². The van der Waals surface area contributed by atoms with Gasteiger partial charge in [-0.3, -0.25) is 0 Å². The van der Waals surface area contributed by atoms with Gasteiger partial charge in [0.25, 0.3) is 0 Å². The molecule has 1 heterocycles. The monoisotopic (exact) mass is 189 g/mol. The van der Waals surface area contributed by atoms with E-state index in [9.17, 15) is 4.39 Å². The van der Waals surface area contributed by atoms with Crippen molar-refractivity contribution in [1.82, 2.24) is 4.98 Å². The fourth-order valence-electron chi connectivity index (χ4n) is 0.519. The number of halogens is 2. The second-order valence-electron chi connectivity index (χ2n) is 1.59. The summed E-state index contributed by atoms with van der Waals surface area (Å²) in [5, 5.41) is 0. The summed E-state index contributed by atoms with van der Waals surface area (Å²) in [5.74, 6) is 0. The predicted molar refractivity (Wildman–Crippen MR) is 36.7 cm³/mol. The second kappa shape index (κ2) is 2.92. The number of hydrogen-bond donors (Lipinski definition) is 0. The molecule has 48 valence electrons. The van der Waals surface area contributed by atoms with Gasteiger partial charge in [-0.2, -0.15) is 0 Å². The Morgan fingerprint density at radius 3 is 2.89 bits per heavy atom. The molecule has 1 aromatic heterocycles. The van der Waals surface area contributed by atoms with Crippen LogP contribution in [0.15, 0.2) is 22.9 Å². The molecule has 1 rings (SSSR count). The Labute approximate surface area is 61.0 Å². The smallest absolute Gasteiger partial charge is 0.117 e. The molecule has 3 heteroatoms. The lowest BCUT2D eigenvalue weighted by Gasteiger charge is -1.93. The lowest BCUT2D eigenvalue weighted by Crippen LogP contribution is -1.82. The van der Waals surface area contributed by atoms with E-state index in [2.05, 4.69) is 20.9 Å². The minimum Gasteiger partial charge on any atom is -0.249 e. The zero-order chi connectivity index (χ0) is 6.69. The lowest BCUT2D eigenvalue weighted by molar-refractivity contribution is 0.482. The van der Waals surface area contributed by atoms with Crippen LogP contribution in [0.5, 0.6) is 0 Å². The maximum atomic E-state index is 11.9.